The Morgan fingerprint density at radius 1 is 1.03 bits per heavy atom. The van der Waals surface area contributed by atoms with Gasteiger partial charge in [0.05, 0.1) is 12.6 Å². The molecule has 4 rings (SSSR count). The van der Waals surface area contributed by atoms with Gasteiger partial charge < -0.3 is 9.64 Å². The summed E-state index contributed by atoms with van der Waals surface area (Å²) in [6, 6.07) is 24.2. The molecule has 0 aliphatic carbocycles. The van der Waals surface area contributed by atoms with Gasteiger partial charge in [0.1, 0.15) is 17.6 Å². The largest absolute Gasteiger partial charge is 0.489 e. The Morgan fingerprint density at radius 2 is 1.76 bits per heavy atom. The zero-order chi connectivity index (χ0) is 23.4. The molecular weight excluding hydrogens is 438 g/mol. The lowest BCUT2D eigenvalue weighted by Gasteiger charge is -2.24. The van der Waals surface area contributed by atoms with Gasteiger partial charge in [0.15, 0.2) is 0 Å². The Kier molecular flexibility index (Phi) is 6.88. The van der Waals surface area contributed by atoms with E-state index in [-0.39, 0.29) is 6.61 Å². The van der Waals surface area contributed by atoms with Crippen molar-refractivity contribution in [2.75, 3.05) is 37.4 Å². The minimum absolute atomic E-state index is 0.0708. The second-order valence-corrected chi connectivity index (χ2v) is 10.2. The summed E-state index contributed by atoms with van der Waals surface area (Å²) in [5, 5.41) is 0.829. The first-order valence-corrected chi connectivity index (χ1v) is 12.3. The van der Waals surface area contributed by atoms with Gasteiger partial charge in [-0.3, -0.25) is 9.56 Å². The van der Waals surface area contributed by atoms with E-state index in [0.717, 1.165) is 16.8 Å². The van der Waals surface area contributed by atoms with Gasteiger partial charge in [0.2, 0.25) is 10.0 Å². The quantitative estimate of drug-likeness (QED) is 0.539. The zero-order valence-electron chi connectivity index (χ0n) is 19.0. The van der Waals surface area contributed by atoms with Crippen LogP contribution in [0.25, 0.3) is 0 Å². The first-order chi connectivity index (χ1) is 15.8. The Balaban J connectivity index is 1.51. The molecule has 0 spiro atoms. The topological polar surface area (TPSA) is 71.1 Å². The highest BCUT2D eigenvalue weighted by molar-refractivity contribution is 7.93. The molecule has 1 heterocycles. The summed E-state index contributed by atoms with van der Waals surface area (Å²) in [4.78, 5) is 7.60. The molecule has 0 saturated carbocycles. The molecule has 0 bridgehead atoms. The summed E-state index contributed by atoms with van der Waals surface area (Å²) in [7, 11) is 1.91. The monoisotopic (exact) mass is 467 g/mol. The molecule has 2 atom stereocenters. The van der Waals surface area contributed by atoms with Crippen LogP contribution < -0.4 is 14.4 Å². The van der Waals surface area contributed by atoms with Gasteiger partial charge in [-0.25, -0.2) is 8.42 Å². The lowest BCUT2D eigenvalue weighted by Crippen LogP contribution is -2.34. The van der Waals surface area contributed by atoms with Gasteiger partial charge >= 0.3 is 0 Å². The molecule has 1 N–H and O–H groups in total. The smallest absolute Gasteiger partial charge is 0.239 e. The Labute approximate surface area is 195 Å². The van der Waals surface area contributed by atoms with Crippen LogP contribution in [-0.2, 0) is 21.5 Å². The molecule has 3 aromatic rings. The summed E-state index contributed by atoms with van der Waals surface area (Å²) in [5.74, 6) is 0.681. The average Bonchev–Trinajstić information content (AvgIpc) is 3.21. The molecule has 1 aliphatic heterocycles. The van der Waals surface area contributed by atoms with Crippen molar-refractivity contribution in [2.24, 2.45) is 0 Å². The number of rotatable bonds is 8. The zero-order valence-corrected chi connectivity index (χ0v) is 19.8. The molecule has 0 amide bonds. The number of ether oxygens (including phenoxy) is 1. The predicted molar refractivity (Wildman–Crippen MR) is 131 cm³/mol. The summed E-state index contributed by atoms with van der Waals surface area (Å²) >= 11 is 0. The van der Waals surface area contributed by atoms with E-state index in [1.54, 1.807) is 24.2 Å². The molecule has 7 nitrogen and oxygen atoms in total. The van der Waals surface area contributed by atoms with E-state index in [0.29, 0.717) is 18.0 Å². The van der Waals surface area contributed by atoms with Crippen LogP contribution >= 0.6 is 0 Å². The lowest BCUT2D eigenvalue weighted by molar-refractivity contribution is -0.110. The molecule has 3 aromatic carbocycles. The van der Waals surface area contributed by atoms with Crippen LogP contribution in [0.4, 0.5) is 11.4 Å². The third kappa shape index (κ3) is 5.47. The van der Waals surface area contributed by atoms with Crippen LogP contribution in [0.1, 0.15) is 17.2 Å². The van der Waals surface area contributed by atoms with E-state index in [9.17, 15) is 8.42 Å². The van der Waals surface area contributed by atoms with Crippen molar-refractivity contribution in [2.45, 2.75) is 17.9 Å². The van der Waals surface area contributed by atoms with E-state index < -0.39 is 21.3 Å². The number of benzene rings is 3. The number of hydroxylamine groups is 2. The van der Waals surface area contributed by atoms with Crippen molar-refractivity contribution in [3.8, 4) is 5.75 Å². The highest BCUT2D eigenvalue weighted by Crippen LogP contribution is 2.35. The highest BCUT2D eigenvalue weighted by atomic mass is 32.2. The number of anilines is 2. The van der Waals surface area contributed by atoms with Gasteiger partial charge in [-0.2, -0.15) is 5.06 Å². The van der Waals surface area contributed by atoms with Crippen LogP contribution in [0.3, 0.4) is 0 Å². The van der Waals surface area contributed by atoms with Crippen molar-refractivity contribution in [3.05, 3.63) is 90.0 Å². The number of hydrogen-bond donors (Lipinski definition) is 1. The SMILES string of the molecule is CN(C)c1ccc(NS(=O)(=O)[C@H]2CON(C)[C@H]2c2cccc(OCc3ccccc3)c2)cc1. The summed E-state index contributed by atoms with van der Waals surface area (Å²) in [5.41, 5.74) is 3.40. The fourth-order valence-corrected chi connectivity index (χ4v) is 5.40. The van der Waals surface area contributed by atoms with Crippen LogP contribution in [-0.4, -0.2) is 46.5 Å². The molecule has 8 heteroatoms. The summed E-state index contributed by atoms with van der Waals surface area (Å²) in [6.45, 7) is 0.509. The van der Waals surface area contributed by atoms with Crippen molar-refractivity contribution >= 4 is 21.4 Å². The van der Waals surface area contributed by atoms with E-state index in [1.165, 1.54) is 0 Å². The third-order valence-corrected chi connectivity index (χ3v) is 7.39. The Hall–Kier alpha value is -3.07. The minimum atomic E-state index is -3.72. The Bertz CT molecular complexity index is 1170. The van der Waals surface area contributed by atoms with Crippen LogP contribution in [0.5, 0.6) is 5.75 Å². The first kappa shape index (κ1) is 23.1. The van der Waals surface area contributed by atoms with E-state index >= 15 is 0 Å². The van der Waals surface area contributed by atoms with Gasteiger partial charge in [-0.1, -0.05) is 42.5 Å². The number of sulfonamides is 1. The van der Waals surface area contributed by atoms with E-state index in [4.69, 9.17) is 9.57 Å². The van der Waals surface area contributed by atoms with Crippen molar-refractivity contribution in [1.29, 1.82) is 0 Å². The van der Waals surface area contributed by atoms with Crippen molar-refractivity contribution in [3.63, 3.8) is 0 Å². The maximum atomic E-state index is 13.3. The van der Waals surface area contributed by atoms with Crippen LogP contribution in [0.2, 0.25) is 0 Å². The maximum absolute atomic E-state index is 13.3. The highest BCUT2D eigenvalue weighted by Gasteiger charge is 2.43. The second kappa shape index (κ2) is 9.82. The van der Waals surface area contributed by atoms with Crippen molar-refractivity contribution in [1.82, 2.24) is 5.06 Å². The van der Waals surface area contributed by atoms with Gasteiger partial charge in [0.25, 0.3) is 0 Å². The molecular formula is C25H29N3O4S. The molecule has 1 saturated heterocycles. The predicted octanol–water partition coefficient (Wildman–Crippen LogP) is 4.06. The van der Waals surface area contributed by atoms with Crippen molar-refractivity contribution < 1.29 is 18.0 Å². The molecule has 174 valence electrons. The Morgan fingerprint density at radius 3 is 2.45 bits per heavy atom. The van der Waals surface area contributed by atoms with Gasteiger partial charge in [-0.05, 0) is 47.5 Å². The fourth-order valence-electron chi connectivity index (χ4n) is 3.88. The standard InChI is InChI=1S/C25H29N3O4S/c1-27(2)22-14-12-21(13-15-22)26-33(29,30)24-18-32-28(3)25(24)20-10-7-11-23(16-20)31-17-19-8-5-4-6-9-19/h4-16,24-26H,17-18H2,1-3H3/t24-,25-/m0/s1. The van der Waals surface area contributed by atoms with Gasteiger partial charge in [0, 0.05) is 32.5 Å². The number of nitrogens with one attached hydrogen (secondary N) is 1. The lowest BCUT2D eigenvalue weighted by atomic mass is 10.0. The first-order valence-electron chi connectivity index (χ1n) is 10.7. The molecule has 1 aliphatic rings. The number of hydrogen-bond acceptors (Lipinski definition) is 6. The second-order valence-electron chi connectivity index (χ2n) is 8.26. The molecule has 1 fully saturated rings. The molecule has 0 unspecified atom stereocenters. The van der Waals surface area contributed by atoms with E-state index in [2.05, 4.69) is 4.72 Å². The fraction of sp³-hybridized carbons (Fsp3) is 0.280. The third-order valence-electron chi connectivity index (χ3n) is 5.68. The van der Waals surface area contributed by atoms with Gasteiger partial charge in [-0.15, -0.1) is 0 Å². The summed E-state index contributed by atoms with van der Waals surface area (Å²) < 4.78 is 35.2. The summed E-state index contributed by atoms with van der Waals surface area (Å²) in [6.07, 6.45) is 0. The molecule has 33 heavy (non-hydrogen) atoms. The van der Waals surface area contributed by atoms with Crippen LogP contribution in [0.15, 0.2) is 78.9 Å². The average molecular weight is 468 g/mol. The maximum Gasteiger partial charge on any atom is 0.239 e. The number of nitrogens with zero attached hydrogens (tertiary/aromatic N) is 2. The van der Waals surface area contributed by atoms with E-state index in [1.807, 2.05) is 85.7 Å². The van der Waals surface area contributed by atoms with Crippen LogP contribution in [0, 0.1) is 0 Å². The molecule has 0 aromatic heterocycles. The molecule has 0 radical (unpaired) electrons. The normalized spacial score (nSPS) is 18.8. The minimum Gasteiger partial charge on any atom is -0.489 e.